The van der Waals surface area contributed by atoms with E-state index in [4.69, 9.17) is 4.74 Å². The molecule has 0 saturated carbocycles. The number of rotatable bonds is 8. The molecule has 0 fully saturated rings. The molecule has 0 radical (unpaired) electrons. The number of hydrogen-bond donors (Lipinski definition) is 2. The second-order valence-electron chi connectivity index (χ2n) is 6.64. The van der Waals surface area contributed by atoms with Gasteiger partial charge in [0.2, 0.25) is 0 Å². The summed E-state index contributed by atoms with van der Waals surface area (Å²) in [5.41, 5.74) is 5.22. The van der Waals surface area contributed by atoms with Crippen molar-refractivity contribution in [3.05, 3.63) is 59.2 Å². The van der Waals surface area contributed by atoms with Gasteiger partial charge in [0.1, 0.15) is 5.75 Å². The summed E-state index contributed by atoms with van der Waals surface area (Å²) in [6, 6.07) is 12.3. The number of carbonyl (C=O) groups is 1. The number of ether oxygens (including phenoxy) is 1. The molecule has 2 N–H and O–H groups in total. The summed E-state index contributed by atoms with van der Waals surface area (Å²) in [7, 11) is -3.83. The number of hydrazine groups is 1. The Balaban J connectivity index is 1.95. The Bertz CT molecular complexity index is 891. The summed E-state index contributed by atoms with van der Waals surface area (Å²) in [6.07, 6.45) is 0.819. The lowest BCUT2D eigenvalue weighted by atomic mass is 10.0. The van der Waals surface area contributed by atoms with Gasteiger partial charge in [-0.1, -0.05) is 45.0 Å². The number of aryl methyl sites for hydroxylation is 2. The lowest BCUT2D eigenvalue weighted by molar-refractivity contribution is -0.123. The van der Waals surface area contributed by atoms with Crippen LogP contribution in [0.15, 0.2) is 47.4 Å². The van der Waals surface area contributed by atoms with Crippen LogP contribution in [0.1, 0.15) is 43.4 Å². The van der Waals surface area contributed by atoms with Crippen molar-refractivity contribution in [3.63, 3.8) is 0 Å². The molecule has 0 aliphatic carbocycles. The van der Waals surface area contributed by atoms with Gasteiger partial charge in [-0.25, -0.2) is 8.42 Å². The van der Waals surface area contributed by atoms with Crippen molar-refractivity contribution in [2.75, 3.05) is 6.61 Å². The molecule has 6 nitrogen and oxygen atoms in total. The fourth-order valence-electron chi connectivity index (χ4n) is 2.51. The second-order valence-corrected chi connectivity index (χ2v) is 8.32. The number of benzene rings is 2. The Morgan fingerprint density at radius 2 is 1.78 bits per heavy atom. The SMILES string of the molecule is CCc1ccc(S(=O)(=O)NNC(=O)COc2cc(C)ccc2C(C)C)cc1. The van der Waals surface area contributed by atoms with Crippen LogP contribution >= 0.6 is 0 Å². The van der Waals surface area contributed by atoms with E-state index < -0.39 is 15.9 Å². The molecule has 0 aromatic heterocycles. The standard InChI is InChI=1S/C20H26N2O4S/c1-5-16-7-9-17(10-8-16)27(24,25)22-21-20(23)13-26-19-12-15(4)6-11-18(19)14(2)3/h6-12,14,22H,5,13H2,1-4H3,(H,21,23). The molecular formula is C20H26N2O4S. The molecule has 1 amide bonds. The van der Waals surface area contributed by atoms with Crippen molar-refractivity contribution >= 4 is 15.9 Å². The van der Waals surface area contributed by atoms with Gasteiger partial charge in [0, 0.05) is 0 Å². The highest BCUT2D eigenvalue weighted by atomic mass is 32.2. The molecule has 2 aromatic carbocycles. The van der Waals surface area contributed by atoms with Crippen molar-refractivity contribution in [1.82, 2.24) is 10.3 Å². The van der Waals surface area contributed by atoms with Crippen molar-refractivity contribution in [2.24, 2.45) is 0 Å². The van der Waals surface area contributed by atoms with Crippen molar-refractivity contribution in [3.8, 4) is 5.75 Å². The second kappa shape index (κ2) is 9.01. The van der Waals surface area contributed by atoms with Crippen molar-refractivity contribution in [1.29, 1.82) is 0 Å². The Morgan fingerprint density at radius 3 is 2.37 bits per heavy atom. The number of amides is 1. The number of carbonyl (C=O) groups excluding carboxylic acids is 1. The predicted molar refractivity (Wildman–Crippen MR) is 105 cm³/mol. The van der Waals surface area contributed by atoms with Crippen LogP contribution in [0.25, 0.3) is 0 Å². The number of sulfonamides is 1. The highest BCUT2D eigenvalue weighted by Gasteiger charge is 2.16. The predicted octanol–water partition coefficient (Wildman–Crippen LogP) is 3.07. The Morgan fingerprint density at radius 1 is 1.11 bits per heavy atom. The zero-order chi connectivity index (χ0) is 20.0. The average Bonchev–Trinajstić information content (AvgIpc) is 2.64. The molecule has 0 heterocycles. The lowest BCUT2D eigenvalue weighted by Gasteiger charge is -2.15. The first kappa shape index (κ1) is 20.9. The van der Waals surface area contributed by atoms with Crippen LogP contribution in [-0.2, 0) is 21.2 Å². The molecule has 146 valence electrons. The maximum atomic E-state index is 12.2. The number of nitrogens with one attached hydrogen (secondary N) is 2. The van der Waals surface area contributed by atoms with Gasteiger partial charge in [-0.2, -0.15) is 0 Å². The molecule has 0 aliphatic rings. The van der Waals surface area contributed by atoms with E-state index in [0.29, 0.717) is 5.75 Å². The molecule has 0 aliphatic heterocycles. The van der Waals surface area contributed by atoms with Gasteiger partial charge in [-0.05, 0) is 54.2 Å². The van der Waals surface area contributed by atoms with Crippen molar-refractivity contribution < 1.29 is 17.9 Å². The first-order valence-corrected chi connectivity index (χ1v) is 10.3. The van der Waals surface area contributed by atoms with E-state index in [-0.39, 0.29) is 17.4 Å². The smallest absolute Gasteiger partial charge is 0.272 e. The van der Waals surface area contributed by atoms with E-state index in [9.17, 15) is 13.2 Å². The van der Waals surface area contributed by atoms with Crippen LogP contribution in [0.5, 0.6) is 5.75 Å². The Kier molecular flexibility index (Phi) is 6.98. The minimum absolute atomic E-state index is 0.0849. The fraction of sp³-hybridized carbons (Fsp3) is 0.350. The molecule has 0 spiro atoms. The summed E-state index contributed by atoms with van der Waals surface area (Å²) in [6.45, 7) is 7.71. The highest BCUT2D eigenvalue weighted by molar-refractivity contribution is 7.89. The van der Waals surface area contributed by atoms with E-state index in [1.165, 1.54) is 12.1 Å². The van der Waals surface area contributed by atoms with E-state index in [0.717, 1.165) is 23.1 Å². The molecule has 7 heteroatoms. The van der Waals surface area contributed by atoms with Gasteiger partial charge in [0.25, 0.3) is 15.9 Å². The Labute approximate surface area is 161 Å². The quantitative estimate of drug-likeness (QED) is 0.679. The molecule has 2 aromatic rings. The van der Waals surface area contributed by atoms with Gasteiger partial charge in [0.15, 0.2) is 6.61 Å². The van der Waals surface area contributed by atoms with Crippen molar-refractivity contribution in [2.45, 2.75) is 44.9 Å². The molecular weight excluding hydrogens is 364 g/mol. The third-order valence-corrected chi connectivity index (χ3v) is 5.38. The fourth-order valence-corrected chi connectivity index (χ4v) is 3.37. The molecule has 0 atom stereocenters. The van der Waals surface area contributed by atoms with Crippen LogP contribution in [0.3, 0.4) is 0 Å². The number of hydrogen-bond acceptors (Lipinski definition) is 4. The minimum atomic E-state index is -3.83. The summed E-state index contributed by atoms with van der Waals surface area (Å²) in [4.78, 5) is 14.2. The first-order chi connectivity index (χ1) is 12.7. The maximum Gasteiger partial charge on any atom is 0.272 e. The zero-order valence-corrected chi connectivity index (χ0v) is 16.9. The van der Waals surface area contributed by atoms with Crippen LogP contribution in [0, 0.1) is 6.92 Å². The van der Waals surface area contributed by atoms with Gasteiger partial charge in [-0.15, -0.1) is 4.83 Å². The highest BCUT2D eigenvalue weighted by Crippen LogP contribution is 2.27. The average molecular weight is 391 g/mol. The minimum Gasteiger partial charge on any atom is -0.483 e. The topological polar surface area (TPSA) is 84.5 Å². The van der Waals surface area contributed by atoms with E-state index >= 15 is 0 Å². The largest absolute Gasteiger partial charge is 0.483 e. The summed E-state index contributed by atoms with van der Waals surface area (Å²) in [5.74, 6) is 0.284. The summed E-state index contributed by atoms with van der Waals surface area (Å²) in [5, 5.41) is 0. The van der Waals surface area contributed by atoms with E-state index in [1.807, 2.05) is 45.9 Å². The molecule has 2 rings (SSSR count). The normalized spacial score (nSPS) is 11.4. The zero-order valence-electron chi connectivity index (χ0n) is 16.1. The van der Waals surface area contributed by atoms with E-state index in [2.05, 4.69) is 10.3 Å². The van der Waals surface area contributed by atoms with Gasteiger partial charge < -0.3 is 4.74 Å². The third kappa shape index (κ3) is 5.80. The summed E-state index contributed by atoms with van der Waals surface area (Å²) < 4.78 is 30.1. The Hall–Kier alpha value is -2.38. The first-order valence-electron chi connectivity index (χ1n) is 8.86. The lowest BCUT2D eigenvalue weighted by Crippen LogP contribution is -2.43. The summed E-state index contributed by atoms with van der Waals surface area (Å²) >= 11 is 0. The van der Waals surface area contributed by atoms with E-state index in [1.54, 1.807) is 12.1 Å². The molecule has 0 saturated heterocycles. The molecule has 0 unspecified atom stereocenters. The van der Waals surface area contributed by atoms with Gasteiger partial charge >= 0.3 is 0 Å². The van der Waals surface area contributed by atoms with Gasteiger partial charge in [0.05, 0.1) is 4.90 Å². The molecule has 0 bridgehead atoms. The third-order valence-electron chi connectivity index (χ3n) is 4.12. The van der Waals surface area contributed by atoms with Gasteiger partial charge in [-0.3, -0.25) is 10.2 Å². The van der Waals surface area contributed by atoms with Crippen LogP contribution in [-0.4, -0.2) is 20.9 Å². The monoisotopic (exact) mass is 390 g/mol. The molecule has 27 heavy (non-hydrogen) atoms. The van der Waals surface area contributed by atoms with Crippen LogP contribution in [0.4, 0.5) is 0 Å². The van der Waals surface area contributed by atoms with Crippen LogP contribution in [0.2, 0.25) is 0 Å². The van der Waals surface area contributed by atoms with Crippen LogP contribution < -0.4 is 15.0 Å². The maximum absolute atomic E-state index is 12.2.